The standard InChI is InChI=1S/C30H30ClN3O2S.C29H29ClN4O2S.2C28H27ClN4O2S/c1-16-12-23-27(37-29(33-23)20-13-22-17(2)15-34(7)28(22)32-14-20)25(19-8-10-21(31)11-9-19)24(16)26(18(3)35)36-30(4,5)6;1-15-13-21-26(37-28(32-21)18-9-12-22-20(14-18)27(31)33-34(22)6)24(17-7-10-19(30)11-8-17)23(15)25(16(2)35)36-29(3,4)5;1-15-11-21-25(36-27(32-21)19-12-18-14-31-33(6)26(18)30-13-19)23(17-7-9-20(29)10-8-17)22(15)24(16(2)34)35-28(3,4)5;1-15-11-21-26(36-27(31-21)18-12-20-22(30-13-18)14-33(6)32-20)24(17-7-9-19(29)10-8-17)23(15)25(16(2)34)35-28(3,4)5/h8-15,26H,1-7H3;7-14,25H,1-6H3,(H2,31,33);7-14,24H,1-6H3;7-14,25H,1-6H3/t26-;25-;24-;25-/m1111/s1. The normalized spacial score (nSPS) is 13.0. The monoisotopic (exact) mass is 2100 g/mol. The van der Waals surface area contributed by atoms with E-state index in [1.165, 1.54) is 5.56 Å². The molecule has 11 aromatic heterocycles. The van der Waals surface area contributed by atoms with E-state index in [0.717, 1.165) is 216 Å². The topological polar surface area (TPSA) is 280 Å². The maximum atomic E-state index is 13.0. The highest BCUT2D eigenvalue weighted by molar-refractivity contribution is 7.23. The summed E-state index contributed by atoms with van der Waals surface area (Å²) in [4.78, 5) is 85.6. The van der Waals surface area contributed by atoms with E-state index in [-0.39, 0.29) is 23.1 Å². The van der Waals surface area contributed by atoms with Gasteiger partial charge in [0, 0.05) is 156 Å². The lowest BCUT2D eigenvalue weighted by Crippen LogP contribution is -2.27. The number of benzene rings is 9. The van der Waals surface area contributed by atoms with Crippen molar-refractivity contribution < 1.29 is 38.1 Å². The van der Waals surface area contributed by atoms with E-state index in [1.807, 2.05) is 314 Å². The van der Waals surface area contributed by atoms with Gasteiger partial charge in [0.2, 0.25) is 0 Å². The van der Waals surface area contributed by atoms with Gasteiger partial charge >= 0.3 is 0 Å². The number of aryl methyl sites for hydroxylation is 9. The van der Waals surface area contributed by atoms with Crippen LogP contribution in [0.4, 0.5) is 5.82 Å². The molecule has 2 N–H and O–H groups in total. The SMILES string of the molecule is CC(=O)[C@@H](OC(C)(C)C)c1c(C)cc2nc(-c3ccc4c(c3)c(N)nn4C)sc2c1-c1ccc(Cl)cc1.CC(=O)[C@@H](OC(C)(C)C)c1c(C)cc2nc(-c3cnc4c(c3)c(C)cn4C)sc2c1-c1ccc(Cl)cc1.CC(=O)[C@@H](OC(C)(C)C)c1c(C)cc2nc(-c3cnc4c(cnn4C)c3)sc2c1-c1ccc(Cl)cc1.CC(=O)[C@@H](OC(C)(C)C)c1c(C)cc2nc(-c3cnc4cn(C)nc4c3)sc2c1-c1ccc(Cl)cc1. The van der Waals surface area contributed by atoms with Gasteiger partial charge in [-0.25, -0.2) is 29.9 Å². The van der Waals surface area contributed by atoms with E-state index in [9.17, 15) is 19.2 Å². The van der Waals surface area contributed by atoms with Crippen LogP contribution in [-0.4, -0.2) is 114 Å². The molecule has 4 atom stereocenters. The van der Waals surface area contributed by atoms with E-state index in [1.54, 1.807) is 87.1 Å². The first-order chi connectivity index (χ1) is 68.9. The third-order valence-electron chi connectivity index (χ3n) is 24.6. The summed E-state index contributed by atoms with van der Waals surface area (Å²) < 4.78 is 36.6. The largest absolute Gasteiger partial charge is 0.382 e. The summed E-state index contributed by atoms with van der Waals surface area (Å²) in [6.45, 7) is 40.1. The van der Waals surface area contributed by atoms with Gasteiger partial charge in [-0.1, -0.05) is 94.9 Å². The Morgan fingerprint density at radius 3 is 1.00 bits per heavy atom. The summed E-state index contributed by atoms with van der Waals surface area (Å²) >= 11 is 31.3. The van der Waals surface area contributed by atoms with Crippen molar-refractivity contribution in [3.05, 3.63) is 265 Å². The molecule has 20 rings (SSSR count). The Balaban J connectivity index is 0.000000133. The number of nitrogens with two attached hydrogens (primary N) is 1. The van der Waals surface area contributed by atoms with Crippen LogP contribution in [0.5, 0.6) is 0 Å². The zero-order chi connectivity index (χ0) is 105. The molecule has 0 unspecified atom stereocenters. The molecule has 11 heterocycles. The van der Waals surface area contributed by atoms with E-state index >= 15 is 0 Å². The minimum atomic E-state index is -0.716. The van der Waals surface area contributed by atoms with Crippen molar-refractivity contribution in [3.63, 3.8) is 0 Å². The molecule has 0 saturated carbocycles. The van der Waals surface area contributed by atoms with Crippen molar-refractivity contribution in [3.8, 4) is 86.8 Å². The van der Waals surface area contributed by atoms with Gasteiger partial charge in [-0.05, 0) is 305 Å². The van der Waals surface area contributed by atoms with Crippen LogP contribution in [0.3, 0.4) is 0 Å². The number of carbonyl (C=O) groups excluding carboxylic acids is 4. The van der Waals surface area contributed by atoms with Gasteiger partial charge in [0.25, 0.3) is 0 Å². The van der Waals surface area contributed by atoms with Gasteiger partial charge in [-0.15, -0.1) is 45.3 Å². The van der Waals surface area contributed by atoms with Gasteiger partial charge in [-0.2, -0.15) is 15.3 Å². The molecule has 0 radical (unpaired) electrons. The molecule has 0 bridgehead atoms. The number of nitrogen functional groups attached to an aromatic ring is 1. The molecule has 0 spiro atoms. The first-order valence-electron chi connectivity index (χ1n) is 47.6. The molecule has 0 saturated heterocycles. The Labute approximate surface area is 883 Å². The van der Waals surface area contributed by atoms with Gasteiger partial charge < -0.3 is 29.2 Å². The number of fused-ring (bicyclic) bond motifs is 8. The summed E-state index contributed by atoms with van der Waals surface area (Å²) in [6.07, 6.45) is 8.50. The van der Waals surface area contributed by atoms with Crippen molar-refractivity contribution >= 4 is 206 Å². The molecule has 31 heteroatoms. The molecular weight excluding hydrogens is 1990 g/mol. The Hall–Kier alpha value is -12.6. The third-order valence-corrected chi connectivity index (χ3v) is 30.1. The number of ether oxygens (including phenoxy) is 4. The average molecular weight is 2100 g/mol. The molecule has 20 aromatic rings. The summed E-state index contributed by atoms with van der Waals surface area (Å²) in [6, 6.07) is 51.3. The van der Waals surface area contributed by atoms with Crippen LogP contribution >= 0.6 is 91.8 Å². The Kier molecular flexibility index (Phi) is 29.6. The Morgan fingerprint density at radius 2 is 0.651 bits per heavy atom. The minimum absolute atomic E-state index is 0.0356. The average Bonchev–Trinajstić information content (AvgIpc) is 1.56. The number of thiazole rings is 4. The van der Waals surface area contributed by atoms with Crippen LogP contribution in [-0.2, 0) is 66.3 Å². The summed E-state index contributed by atoms with van der Waals surface area (Å²) in [5, 5.41) is 22.2. The molecule has 0 aliphatic rings. The van der Waals surface area contributed by atoms with Gasteiger partial charge in [0.1, 0.15) is 61.1 Å². The molecule has 23 nitrogen and oxygen atoms in total. The van der Waals surface area contributed by atoms with Crippen LogP contribution in [0, 0.1) is 34.6 Å². The number of halogens is 4. The number of Topliss-reactive ketones (excluding diaryl/α,β-unsaturated/α-hetero) is 4. The van der Waals surface area contributed by atoms with Gasteiger partial charge in [-0.3, -0.25) is 38.2 Å². The Morgan fingerprint density at radius 1 is 0.336 bits per heavy atom. The van der Waals surface area contributed by atoms with Crippen LogP contribution in [0.1, 0.15) is 185 Å². The van der Waals surface area contributed by atoms with Crippen molar-refractivity contribution in [1.29, 1.82) is 0 Å². The summed E-state index contributed by atoms with van der Waals surface area (Å²) in [5.74, 6) is 0.320. The zero-order valence-corrected chi connectivity index (χ0v) is 92.3. The van der Waals surface area contributed by atoms with E-state index in [4.69, 9.17) is 96.0 Å². The number of rotatable bonds is 20. The van der Waals surface area contributed by atoms with E-state index < -0.39 is 46.8 Å². The van der Waals surface area contributed by atoms with Crippen molar-refractivity contribution in [2.45, 2.75) is 192 Å². The lowest BCUT2D eigenvalue weighted by Gasteiger charge is -2.29. The molecule has 0 aliphatic carbocycles. The molecule has 0 fully saturated rings. The molecular formula is C115H113Cl4N15O8S4. The van der Waals surface area contributed by atoms with Gasteiger partial charge in [0.15, 0.2) is 34.6 Å². The number of hydrogen-bond donors (Lipinski definition) is 1. The van der Waals surface area contributed by atoms with Crippen molar-refractivity contribution in [2.75, 3.05) is 5.73 Å². The fraction of sp³-hybridized carbons (Fsp3) is 0.287. The van der Waals surface area contributed by atoms with Crippen LogP contribution in [0.15, 0.2) is 195 Å². The summed E-state index contributed by atoms with van der Waals surface area (Å²) in [5.41, 5.74) is 31.9. The quantitative estimate of drug-likeness (QED) is 0.0742. The highest BCUT2D eigenvalue weighted by Gasteiger charge is 2.37. The second kappa shape index (κ2) is 41.3. The van der Waals surface area contributed by atoms with E-state index in [0.29, 0.717) is 25.9 Å². The maximum Gasteiger partial charge on any atom is 0.163 e. The highest BCUT2D eigenvalue weighted by atomic mass is 35.5. The van der Waals surface area contributed by atoms with Crippen molar-refractivity contribution in [1.82, 2.24) is 68.8 Å². The maximum absolute atomic E-state index is 13.0. The number of hydrogen-bond acceptors (Lipinski definition) is 23. The minimum Gasteiger partial charge on any atom is -0.382 e. The highest BCUT2D eigenvalue weighted by Crippen LogP contribution is 2.52. The lowest BCUT2D eigenvalue weighted by molar-refractivity contribution is -0.139. The van der Waals surface area contributed by atoms with Crippen LogP contribution in [0.25, 0.3) is 172 Å². The Bertz CT molecular complexity index is 8100. The number of anilines is 1. The number of carbonyl (C=O) groups is 4. The van der Waals surface area contributed by atoms with E-state index in [2.05, 4.69) is 56.6 Å². The second-order valence-corrected chi connectivity index (χ2v) is 46.6. The smallest absolute Gasteiger partial charge is 0.163 e. The van der Waals surface area contributed by atoms with Crippen molar-refractivity contribution in [2.24, 2.45) is 28.2 Å². The number of nitrogens with zero attached hydrogens (tertiary/aromatic N) is 14. The molecule has 146 heavy (non-hydrogen) atoms. The predicted molar refractivity (Wildman–Crippen MR) is 600 cm³/mol. The lowest BCUT2D eigenvalue weighted by atomic mass is 9.90. The third kappa shape index (κ3) is 22.3. The summed E-state index contributed by atoms with van der Waals surface area (Å²) in [7, 11) is 7.64. The number of ketones is 4. The molecule has 0 amide bonds. The fourth-order valence-electron chi connectivity index (χ4n) is 18.4. The van der Waals surface area contributed by atoms with Crippen LogP contribution < -0.4 is 5.73 Å². The van der Waals surface area contributed by atoms with Crippen LogP contribution in [0.2, 0.25) is 20.1 Å². The number of pyridine rings is 3. The molecule has 0 aliphatic heterocycles. The first-order valence-corrected chi connectivity index (χ1v) is 52.4. The first kappa shape index (κ1) is 105. The predicted octanol–water partition coefficient (Wildman–Crippen LogP) is 30.4. The van der Waals surface area contributed by atoms with Gasteiger partial charge in [0.05, 0.1) is 81.2 Å². The molecule has 9 aromatic carbocycles. The second-order valence-electron chi connectivity index (χ2n) is 40.9. The zero-order valence-electron chi connectivity index (χ0n) is 86.0. The fourth-order valence-corrected chi connectivity index (χ4v) is 23.3. The number of aromatic nitrogens is 14. The molecule has 748 valence electrons.